The van der Waals surface area contributed by atoms with Crippen molar-refractivity contribution in [3.05, 3.63) is 36.1 Å². The highest BCUT2D eigenvalue weighted by Crippen LogP contribution is 2.20. The van der Waals surface area contributed by atoms with Crippen LogP contribution in [0.2, 0.25) is 0 Å². The molecule has 0 unspecified atom stereocenters. The standard InChI is InChI=1S/C17H22N2O3/c1-5-19(11-15(20)18-17(2,3)4)16(21)14-10-12-8-6-7-9-13(12)22-14/h6-10H,5,11H2,1-4H3,(H,18,20). The minimum absolute atomic E-state index is 0.0175. The van der Waals surface area contributed by atoms with Crippen LogP contribution >= 0.6 is 0 Å². The van der Waals surface area contributed by atoms with Gasteiger partial charge in [-0.05, 0) is 39.8 Å². The number of fused-ring (bicyclic) bond motifs is 1. The summed E-state index contributed by atoms with van der Waals surface area (Å²) in [6.45, 7) is 8.01. The van der Waals surface area contributed by atoms with Crippen molar-refractivity contribution in [3.8, 4) is 0 Å². The smallest absolute Gasteiger partial charge is 0.290 e. The van der Waals surface area contributed by atoms with Crippen molar-refractivity contribution in [1.82, 2.24) is 10.2 Å². The summed E-state index contributed by atoms with van der Waals surface area (Å²) >= 11 is 0. The summed E-state index contributed by atoms with van der Waals surface area (Å²) in [5.74, 6) is -0.201. The fourth-order valence-corrected chi connectivity index (χ4v) is 2.20. The third-order valence-corrected chi connectivity index (χ3v) is 3.15. The molecule has 0 radical (unpaired) electrons. The Balaban J connectivity index is 2.13. The number of carbonyl (C=O) groups excluding carboxylic acids is 2. The maximum absolute atomic E-state index is 12.5. The first-order chi connectivity index (χ1) is 10.3. The summed E-state index contributed by atoms with van der Waals surface area (Å²) in [5.41, 5.74) is 0.347. The zero-order valence-electron chi connectivity index (χ0n) is 13.5. The highest BCUT2D eigenvalue weighted by atomic mass is 16.3. The van der Waals surface area contributed by atoms with Crippen LogP contribution in [0.5, 0.6) is 0 Å². The van der Waals surface area contributed by atoms with Gasteiger partial charge in [-0.3, -0.25) is 9.59 Å². The first-order valence-electron chi connectivity index (χ1n) is 7.39. The van der Waals surface area contributed by atoms with Crippen LogP contribution in [0, 0.1) is 0 Å². The molecule has 2 amide bonds. The Bertz CT molecular complexity index is 650. The molecule has 118 valence electrons. The molecule has 2 aromatic rings. The van der Waals surface area contributed by atoms with Crippen molar-refractivity contribution in [2.75, 3.05) is 13.1 Å². The van der Waals surface area contributed by atoms with Gasteiger partial charge in [0, 0.05) is 17.5 Å². The number of hydrogen-bond acceptors (Lipinski definition) is 3. The van der Waals surface area contributed by atoms with Crippen molar-refractivity contribution in [2.24, 2.45) is 0 Å². The lowest BCUT2D eigenvalue weighted by atomic mass is 10.1. The molecule has 1 aromatic heterocycles. The van der Waals surface area contributed by atoms with Gasteiger partial charge in [0.25, 0.3) is 5.91 Å². The van der Waals surface area contributed by atoms with E-state index in [2.05, 4.69) is 5.32 Å². The van der Waals surface area contributed by atoms with Gasteiger partial charge in [-0.2, -0.15) is 0 Å². The van der Waals surface area contributed by atoms with Crippen LogP contribution in [-0.2, 0) is 4.79 Å². The molecule has 5 heteroatoms. The van der Waals surface area contributed by atoms with E-state index in [1.54, 1.807) is 6.07 Å². The summed E-state index contributed by atoms with van der Waals surface area (Å²) < 4.78 is 5.57. The number of para-hydroxylation sites is 1. The van der Waals surface area contributed by atoms with E-state index in [1.165, 1.54) is 4.90 Å². The lowest BCUT2D eigenvalue weighted by Gasteiger charge is -2.24. The van der Waals surface area contributed by atoms with Crippen molar-refractivity contribution in [1.29, 1.82) is 0 Å². The molecule has 0 fully saturated rings. The van der Waals surface area contributed by atoms with Gasteiger partial charge >= 0.3 is 0 Å². The van der Waals surface area contributed by atoms with E-state index in [0.29, 0.717) is 12.1 Å². The van der Waals surface area contributed by atoms with E-state index in [0.717, 1.165) is 5.39 Å². The first kappa shape index (κ1) is 16.1. The summed E-state index contributed by atoms with van der Waals surface area (Å²) in [4.78, 5) is 26.0. The van der Waals surface area contributed by atoms with Crippen LogP contribution in [0.15, 0.2) is 34.7 Å². The predicted octanol–water partition coefficient (Wildman–Crippen LogP) is 2.81. The van der Waals surface area contributed by atoms with E-state index in [9.17, 15) is 9.59 Å². The Morgan fingerprint density at radius 1 is 1.23 bits per heavy atom. The molecule has 5 nitrogen and oxygen atoms in total. The average molecular weight is 302 g/mol. The number of rotatable bonds is 4. The van der Waals surface area contributed by atoms with Crippen LogP contribution in [-0.4, -0.2) is 35.3 Å². The summed E-state index contributed by atoms with van der Waals surface area (Å²) in [7, 11) is 0. The molecule has 1 heterocycles. The van der Waals surface area contributed by atoms with Crippen molar-refractivity contribution >= 4 is 22.8 Å². The summed E-state index contributed by atoms with van der Waals surface area (Å²) in [6.07, 6.45) is 0. The molecule has 0 aliphatic heterocycles. The Hall–Kier alpha value is -2.30. The van der Waals surface area contributed by atoms with E-state index in [-0.39, 0.29) is 29.7 Å². The van der Waals surface area contributed by atoms with Gasteiger partial charge in [0.2, 0.25) is 5.91 Å². The minimum atomic E-state index is -0.321. The van der Waals surface area contributed by atoms with Crippen molar-refractivity contribution < 1.29 is 14.0 Å². The molecule has 2 rings (SSSR count). The number of amides is 2. The Labute approximate surface area is 130 Å². The van der Waals surface area contributed by atoms with Gasteiger partial charge < -0.3 is 14.6 Å². The van der Waals surface area contributed by atoms with Crippen LogP contribution in [0.4, 0.5) is 0 Å². The van der Waals surface area contributed by atoms with Crippen LogP contribution in [0.3, 0.4) is 0 Å². The topological polar surface area (TPSA) is 62.6 Å². The van der Waals surface area contributed by atoms with Gasteiger partial charge in [0.1, 0.15) is 5.58 Å². The SMILES string of the molecule is CCN(CC(=O)NC(C)(C)C)C(=O)c1cc2ccccc2o1. The van der Waals surface area contributed by atoms with Crippen molar-refractivity contribution in [3.63, 3.8) is 0 Å². The van der Waals surface area contributed by atoms with Crippen LogP contribution < -0.4 is 5.32 Å². The van der Waals surface area contributed by atoms with Crippen molar-refractivity contribution in [2.45, 2.75) is 33.2 Å². The molecular formula is C17H22N2O3. The Morgan fingerprint density at radius 3 is 2.50 bits per heavy atom. The molecule has 0 spiro atoms. The molecule has 0 aliphatic rings. The second kappa shape index (κ2) is 6.22. The summed E-state index contributed by atoms with van der Waals surface area (Å²) in [6, 6.07) is 9.16. The monoisotopic (exact) mass is 302 g/mol. The second-order valence-corrected chi connectivity index (χ2v) is 6.27. The van der Waals surface area contributed by atoms with Gasteiger partial charge in [0.05, 0.1) is 6.54 Å². The number of nitrogens with zero attached hydrogens (tertiary/aromatic N) is 1. The molecule has 0 saturated heterocycles. The fraction of sp³-hybridized carbons (Fsp3) is 0.412. The third kappa shape index (κ3) is 3.87. The third-order valence-electron chi connectivity index (χ3n) is 3.15. The van der Waals surface area contributed by atoms with Crippen LogP contribution in [0.25, 0.3) is 11.0 Å². The maximum Gasteiger partial charge on any atom is 0.290 e. The zero-order chi connectivity index (χ0) is 16.3. The zero-order valence-corrected chi connectivity index (χ0v) is 13.5. The molecule has 1 N–H and O–H groups in total. The maximum atomic E-state index is 12.5. The largest absolute Gasteiger partial charge is 0.451 e. The summed E-state index contributed by atoms with van der Waals surface area (Å²) in [5, 5.41) is 3.73. The highest BCUT2D eigenvalue weighted by Gasteiger charge is 2.22. The molecule has 1 aromatic carbocycles. The average Bonchev–Trinajstić information content (AvgIpc) is 2.86. The van der Waals surface area contributed by atoms with E-state index >= 15 is 0 Å². The number of hydrogen-bond donors (Lipinski definition) is 1. The molecule has 0 atom stereocenters. The minimum Gasteiger partial charge on any atom is -0.451 e. The molecule has 0 saturated carbocycles. The fourth-order valence-electron chi connectivity index (χ4n) is 2.20. The highest BCUT2D eigenvalue weighted by molar-refractivity contribution is 5.97. The van der Waals surface area contributed by atoms with Gasteiger partial charge in [0.15, 0.2) is 5.76 Å². The quantitative estimate of drug-likeness (QED) is 0.944. The molecule has 0 bridgehead atoms. The second-order valence-electron chi connectivity index (χ2n) is 6.27. The lowest BCUT2D eigenvalue weighted by Crippen LogP contribution is -2.47. The number of nitrogens with one attached hydrogen (secondary N) is 1. The number of benzene rings is 1. The van der Waals surface area contributed by atoms with Gasteiger partial charge in [-0.25, -0.2) is 0 Å². The van der Waals surface area contributed by atoms with Gasteiger partial charge in [-0.1, -0.05) is 18.2 Å². The normalized spacial score (nSPS) is 11.5. The van der Waals surface area contributed by atoms with E-state index in [1.807, 2.05) is 52.0 Å². The number of carbonyl (C=O) groups is 2. The van der Waals surface area contributed by atoms with E-state index in [4.69, 9.17) is 4.42 Å². The van der Waals surface area contributed by atoms with Crippen LogP contribution in [0.1, 0.15) is 38.2 Å². The number of furan rings is 1. The Morgan fingerprint density at radius 2 is 1.91 bits per heavy atom. The van der Waals surface area contributed by atoms with E-state index < -0.39 is 0 Å². The van der Waals surface area contributed by atoms with Gasteiger partial charge in [-0.15, -0.1) is 0 Å². The molecule has 0 aliphatic carbocycles. The predicted molar refractivity (Wildman–Crippen MR) is 85.7 cm³/mol. The Kier molecular flexibility index (Phi) is 4.54. The first-order valence-corrected chi connectivity index (χ1v) is 7.39. The number of likely N-dealkylation sites (N-methyl/N-ethyl adjacent to an activating group) is 1. The lowest BCUT2D eigenvalue weighted by molar-refractivity contribution is -0.123. The molecular weight excluding hydrogens is 280 g/mol. The molecule has 22 heavy (non-hydrogen) atoms.